The number of likely N-dealkylation sites (tertiary alicyclic amines) is 1. The predicted octanol–water partition coefficient (Wildman–Crippen LogP) is 5.13. The molecule has 162 valence electrons. The van der Waals surface area contributed by atoms with E-state index in [1.165, 1.54) is 11.1 Å². The van der Waals surface area contributed by atoms with Crippen molar-refractivity contribution in [2.45, 2.75) is 32.4 Å². The van der Waals surface area contributed by atoms with Gasteiger partial charge in [-0.3, -0.25) is 14.7 Å². The molecule has 1 aromatic carbocycles. The molecule has 2 aromatic rings. The Morgan fingerprint density at radius 2 is 1.90 bits per heavy atom. The summed E-state index contributed by atoms with van der Waals surface area (Å²) >= 11 is 7.30. The fourth-order valence-electron chi connectivity index (χ4n) is 3.96. The Hall–Kier alpha value is -0.0500. The lowest BCUT2D eigenvalue weighted by Crippen LogP contribution is -2.47. The van der Waals surface area contributed by atoms with Crippen molar-refractivity contribution in [3.05, 3.63) is 59.4 Å². The van der Waals surface area contributed by atoms with E-state index < -0.39 is 0 Å². The highest BCUT2D eigenvalue weighted by atomic mass is 127. The largest absolute Gasteiger partial charge is 0.392 e. The molecule has 5 nitrogen and oxygen atoms in total. The number of hydrogen-bond acceptors (Lipinski definition) is 4. The number of piperidine rings is 1. The van der Waals surface area contributed by atoms with Crippen LogP contribution in [-0.4, -0.2) is 40.1 Å². The van der Waals surface area contributed by atoms with Crippen LogP contribution in [0.15, 0.2) is 42.6 Å². The van der Waals surface area contributed by atoms with E-state index in [-0.39, 0.29) is 29.7 Å². The van der Waals surface area contributed by atoms with Crippen LogP contribution in [0.4, 0.5) is 5.69 Å². The van der Waals surface area contributed by atoms with Crippen LogP contribution in [0.3, 0.4) is 0 Å². The lowest BCUT2D eigenvalue weighted by Gasteiger charge is -2.39. The number of hydrogen-bond donors (Lipinski definition) is 2. The number of carbonyl (C=O) groups is 1. The summed E-state index contributed by atoms with van der Waals surface area (Å²) in [6, 6.07) is 11.8. The van der Waals surface area contributed by atoms with Crippen molar-refractivity contribution in [2.75, 3.05) is 18.4 Å². The molecule has 3 rings (SSSR count). The SMILES string of the molecule is C[C@@H]1CN(Cc2ccc(NC(=O)Cc3ccccn3)cc2C(I)(I)I)C[C@H](C)C1O. The van der Waals surface area contributed by atoms with Crippen molar-refractivity contribution < 1.29 is 9.90 Å². The van der Waals surface area contributed by atoms with Crippen LogP contribution in [0.2, 0.25) is 0 Å². The number of halogens is 3. The summed E-state index contributed by atoms with van der Waals surface area (Å²) in [5.74, 6) is 0.470. The maximum Gasteiger partial charge on any atom is 0.230 e. The van der Waals surface area contributed by atoms with E-state index in [9.17, 15) is 9.90 Å². The third-order valence-electron chi connectivity index (χ3n) is 5.42. The van der Waals surface area contributed by atoms with Gasteiger partial charge in [-0.15, -0.1) is 0 Å². The number of pyridine rings is 1. The van der Waals surface area contributed by atoms with Gasteiger partial charge in [-0.1, -0.05) is 26.0 Å². The summed E-state index contributed by atoms with van der Waals surface area (Å²) in [5.41, 5.74) is 4.02. The maximum atomic E-state index is 12.5. The fourth-order valence-corrected chi connectivity index (χ4v) is 5.47. The Morgan fingerprint density at radius 3 is 2.50 bits per heavy atom. The molecule has 1 aliphatic rings. The smallest absolute Gasteiger partial charge is 0.230 e. The minimum atomic E-state index is -0.227. The quantitative estimate of drug-likeness (QED) is 0.319. The molecule has 1 amide bonds. The van der Waals surface area contributed by atoms with Gasteiger partial charge in [-0.25, -0.2) is 0 Å². The van der Waals surface area contributed by atoms with Crippen molar-refractivity contribution in [1.29, 1.82) is 0 Å². The van der Waals surface area contributed by atoms with Gasteiger partial charge in [-0.05, 0) is 115 Å². The molecule has 0 saturated carbocycles. The fraction of sp³-hybridized carbons (Fsp3) is 0.455. The Kier molecular flexibility index (Phi) is 8.78. The zero-order valence-electron chi connectivity index (χ0n) is 17.0. The molecule has 1 unspecified atom stereocenters. The minimum Gasteiger partial charge on any atom is -0.392 e. The number of amides is 1. The van der Waals surface area contributed by atoms with Crippen molar-refractivity contribution in [2.24, 2.45) is 11.8 Å². The van der Waals surface area contributed by atoms with Crippen LogP contribution < -0.4 is 5.32 Å². The van der Waals surface area contributed by atoms with Gasteiger partial charge >= 0.3 is 0 Å². The third kappa shape index (κ3) is 6.72. The molecule has 1 fully saturated rings. The van der Waals surface area contributed by atoms with E-state index in [4.69, 9.17) is 0 Å². The second kappa shape index (κ2) is 10.7. The van der Waals surface area contributed by atoms with Gasteiger partial charge in [0.1, 0.15) is -0.565 Å². The Bertz CT molecular complexity index is 862. The molecule has 2 heterocycles. The zero-order valence-corrected chi connectivity index (χ0v) is 23.5. The van der Waals surface area contributed by atoms with E-state index in [0.717, 1.165) is 31.0 Å². The average molecular weight is 745 g/mol. The summed E-state index contributed by atoms with van der Waals surface area (Å²) < 4.78 is -0.128. The van der Waals surface area contributed by atoms with Gasteiger partial charge in [0.15, 0.2) is 0 Å². The highest BCUT2D eigenvalue weighted by Crippen LogP contribution is 2.48. The Labute approximate surface area is 219 Å². The molecule has 1 aliphatic heterocycles. The molecule has 0 bridgehead atoms. The van der Waals surface area contributed by atoms with Crippen LogP contribution in [0.1, 0.15) is 30.7 Å². The van der Waals surface area contributed by atoms with Crippen LogP contribution in [-0.2, 0) is 17.2 Å². The minimum absolute atomic E-state index is 0.0685. The predicted molar refractivity (Wildman–Crippen MR) is 146 cm³/mol. The first-order valence-corrected chi connectivity index (χ1v) is 13.2. The normalized spacial score (nSPS) is 22.7. The van der Waals surface area contributed by atoms with Crippen LogP contribution >= 0.6 is 67.8 Å². The molecule has 2 N–H and O–H groups in total. The molecule has 3 atom stereocenters. The molecule has 0 radical (unpaired) electrons. The standard InChI is InChI=1S/C22H26I3N3O2/c1-14-11-28(12-15(2)21(14)30)13-16-6-7-18(9-19(16)22(23,24)25)27-20(29)10-17-5-3-4-8-26-17/h3-9,14-15,21,30H,10-13H2,1-2H3,(H,27,29)/t14-,15+,21?. The molecule has 0 spiro atoms. The number of aromatic nitrogens is 1. The highest BCUT2D eigenvalue weighted by Gasteiger charge is 2.32. The molecule has 1 saturated heterocycles. The molecular weight excluding hydrogens is 719 g/mol. The molecule has 0 aliphatic carbocycles. The van der Waals surface area contributed by atoms with E-state index in [1.807, 2.05) is 24.3 Å². The molecule has 1 aromatic heterocycles. The van der Waals surface area contributed by atoms with Gasteiger partial charge in [-0.2, -0.15) is 0 Å². The van der Waals surface area contributed by atoms with Crippen LogP contribution in [0, 0.1) is 11.8 Å². The van der Waals surface area contributed by atoms with E-state index in [2.05, 4.69) is 109 Å². The number of nitrogens with zero attached hydrogens (tertiary/aromatic N) is 2. The second-order valence-corrected chi connectivity index (χ2v) is 19.1. The molecule has 8 heteroatoms. The average Bonchev–Trinajstić information content (AvgIpc) is 2.67. The molecule has 30 heavy (non-hydrogen) atoms. The number of nitrogens with one attached hydrogen (secondary N) is 1. The number of aliphatic hydroxyl groups is 1. The monoisotopic (exact) mass is 745 g/mol. The summed E-state index contributed by atoms with van der Waals surface area (Å²) in [6.45, 7) is 6.87. The van der Waals surface area contributed by atoms with Crippen molar-refractivity contribution in [3.63, 3.8) is 0 Å². The number of alkyl halides is 3. The number of aliphatic hydroxyl groups excluding tert-OH is 1. The molecular formula is C22H26I3N3O2. The number of carbonyl (C=O) groups excluding carboxylic acids is 1. The summed E-state index contributed by atoms with van der Waals surface area (Å²) in [6.07, 6.45) is 1.73. The number of rotatable bonds is 6. The van der Waals surface area contributed by atoms with Crippen molar-refractivity contribution in [3.8, 4) is 0 Å². The van der Waals surface area contributed by atoms with E-state index >= 15 is 0 Å². The lowest BCUT2D eigenvalue weighted by atomic mass is 9.88. The zero-order chi connectivity index (χ0) is 21.9. The van der Waals surface area contributed by atoms with Crippen molar-refractivity contribution in [1.82, 2.24) is 9.88 Å². The van der Waals surface area contributed by atoms with Crippen LogP contribution in [0.5, 0.6) is 0 Å². The highest BCUT2D eigenvalue weighted by molar-refractivity contribution is 14.3. The number of anilines is 1. The van der Waals surface area contributed by atoms with Gasteiger partial charge in [0.2, 0.25) is 5.91 Å². The first kappa shape index (κ1) is 24.6. The topological polar surface area (TPSA) is 65.5 Å². The first-order valence-electron chi connectivity index (χ1n) is 9.93. The third-order valence-corrected chi connectivity index (χ3v) is 7.16. The summed E-state index contributed by atoms with van der Waals surface area (Å²) in [7, 11) is 0. The van der Waals surface area contributed by atoms with Crippen molar-refractivity contribution >= 4 is 79.4 Å². The van der Waals surface area contributed by atoms with Gasteiger partial charge < -0.3 is 10.4 Å². The van der Waals surface area contributed by atoms with E-state index in [1.54, 1.807) is 6.20 Å². The first-order chi connectivity index (χ1) is 14.1. The van der Waals surface area contributed by atoms with Crippen LogP contribution in [0.25, 0.3) is 0 Å². The van der Waals surface area contributed by atoms with Gasteiger partial charge in [0.25, 0.3) is 0 Å². The van der Waals surface area contributed by atoms with Gasteiger partial charge in [0.05, 0.1) is 12.5 Å². The summed E-state index contributed by atoms with van der Waals surface area (Å²) in [5, 5.41) is 13.3. The Balaban J connectivity index is 1.75. The number of benzene rings is 1. The maximum absolute atomic E-state index is 12.5. The summed E-state index contributed by atoms with van der Waals surface area (Å²) in [4.78, 5) is 19.1. The lowest BCUT2D eigenvalue weighted by molar-refractivity contribution is -0.115. The van der Waals surface area contributed by atoms with E-state index in [0.29, 0.717) is 0 Å². The Morgan fingerprint density at radius 1 is 1.20 bits per heavy atom. The van der Waals surface area contributed by atoms with Gasteiger partial charge in [0, 0.05) is 37.2 Å². The second-order valence-electron chi connectivity index (χ2n) is 8.05.